The Hall–Kier alpha value is -2.66. The molecular weight excluding hydrogens is 340 g/mol. The lowest BCUT2D eigenvalue weighted by Crippen LogP contribution is -2.46. The van der Waals surface area contributed by atoms with Crippen molar-refractivity contribution in [3.05, 3.63) is 71.8 Å². The molecule has 0 bridgehead atoms. The number of hydrogen-bond acceptors (Lipinski definition) is 3. The fraction of sp³-hybridized carbons (Fsp3) is 0.364. The van der Waals surface area contributed by atoms with Crippen LogP contribution in [0.15, 0.2) is 60.7 Å². The summed E-state index contributed by atoms with van der Waals surface area (Å²) in [5.41, 5.74) is 2.31. The van der Waals surface area contributed by atoms with Gasteiger partial charge in [0.15, 0.2) is 0 Å². The smallest absolute Gasteiger partial charge is 0.308 e. The monoisotopic (exact) mass is 366 g/mol. The van der Waals surface area contributed by atoms with E-state index in [4.69, 9.17) is 0 Å². The molecule has 1 aliphatic rings. The molecule has 27 heavy (non-hydrogen) atoms. The maximum absolute atomic E-state index is 12.8. The average Bonchev–Trinajstić information content (AvgIpc) is 2.69. The van der Waals surface area contributed by atoms with E-state index in [2.05, 4.69) is 29.2 Å². The number of carboxylic acid groups (broad SMARTS) is 1. The molecule has 1 N–H and O–H groups in total. The molecule has 0 radical (unpaired) electrons. The van der Waals surface area contributed by atoms with Gasteiger partial charge >= 0.3 is 5.97 Å². The second-order valence-corrected chi connectivity index (χ2v) is 7.13. The summed E-state index contributed by atoms with van der Waals surface area (Å²) in [6.07, 6.45) is 1.40. The van der Waals surface area contributed by atoms with Crippen molar-refractivity contribution in [1.29, 1.82) is 0 Å². The third-order valence-electron chi connectivity index (χ3n) is 4.98. The number of aliphatic carboxylic acids is 1. The number of likely N-dealkylation sites (tertiary alicyclic amines) is 1. The number of amides is 1. The molecule has 142 valence electrons. The predicted octanol–water partition coefficient (Wildman–Crippen LogP) is 3.01. The third kappa shape index (κ3) is 5.66. The minimum Gasteiger partial charge on any atom is -0.481 e. The lowest BCUT2D eigenvalue weighted by molar-refractivity contribution is -0.146. The molecule has 5 nitrogen and oxygen atoms in total. The van der Waals surface area contributed by atoms with E-state index in [0.29, 0.717) is 32.6 Å². The molecule has 0 aromatic heterocycles. The minimum atomic E-state index is -0.807. The Kier molecular flexibility index (Phi) is 6.60. The van der Waals surface area contributed by atoms with Crippen LogP contribution in [0.1, 0.15) is 24.0 Å². The molecule has 1 fully saturated rings. The summed E-state index contributed by atoms with van der Waals surface area (Å²) in [5.74, 6) is -1.25. The molecule has 2 aromatic carbocycles. The van der Waals surface area contributed by atoms with Crippen molar-refractivity contribution in [3.63, 3.8) is 0 Å². The number of nitrogens with zero attached hydrogens (tertiary/aromatic N) is 2. The van der Waals surface area contributed by atoms with Crippen LogP contribution >= 0.6 is 0 Å². The molecule has 0 saturated carbocycles. The van der Waals surface area contributed by atoms with Crippen molar-refractivity contribution in [2.24, 2.45) is 5.92 Å². The summed E-state index contributed by atoms with van der Waals surface area (Å²) in [7, 11) is 0. The lowest BCUT2D eigenvalue weighted by Gasteiger charge is -2.33. The SMILES string of the molecule is O=C(O)C1CCCN(C(=O)CN(Cc2ccccc2)Cc2ccccc2)C1. The number of carbonyl (C=O) groups excluding carboxylic acids is 1. The van der Waals surface area contributed by atoms with E-state index in [9.17, 15) is 14.7 Å². The summed E-state index contributed by atoms with van der Waals surface area (Å²) in [4.78, 5) is 28.0. The second kappa shape index (κ2) is 9.33. The number of rotatable bonds is 7. The van der Waals surface area contributed by atoms with Crippen LogP contribution < -0.4 is 0 Å². The summed E-state index contributed by atoms with van der Waals surface area (Å²) < 4.78 is 0. The van der Waals surface area contributed by atoms with Crippen molar-refractivity contribution in [1.82, 2.24) is 9.80 Å². The van der Waals surface area contributed by atoms with E-state index >= 15 is 0 Å². The molecule has 0 spiro atoms. The molecule has 2 aromatic rings. The van der Waals surface area contributed by atoms with Crippen LogP contribution in [0.25, 0.3) is 0 Å². The van der Waals surface area contributed by atoms with Gasteiger partial charge < -0.3 is 10.0 Å². The first-order chi connectivity index (χ1) is 13.1. The first kappa shape index (κ1) is 19.1. The summed E-state index contributed by atoms with van der Waals surface area (Å²) >= 11 is 0. The standard InChI is InChI=1S/C22H26N2O3/c25-21(24-13-7-12-20(16-24)22(26)27)17-23(14-18-8-3-1-4-9-18)15-19-10-5-2-6-11-19/h1-6,8-11,20H,7,12-17H2,(H,26,27). The first-order valence-corrected chi connectivity index (χ1v) is 9.42. The van der Waals surface area contributed by atoms with Crippen LogP contribution in [-0.4, -0.2) is 46.4 Å². The zero-order chi connectivity index (χ0) is 19.1. The van der Waals surface area contributed by atoms with Gasteiger partial charge in [0.25, 0.3) is 0 Å². The Labute approximate surface area is 160 Å². The first-order valence-electron chi connectivity index (χ1n) is 9.42. The minimum absolute atomic E-state index is 0.00723. The number of benzene rings is 2. The molecule has 1 heterocycles. The summed E-state index contributed by atoms with van der Waals surface area (Å²) in [5, 5.41) is 9.26. The molecule has 1 amide bonds. The maximum Gasteiger partial charge on any atom is 0.308 e. The third-order valence-corrected chi connectivity index (χ3v) is 4.98. The Balaban J connectivity index is 1.68. The molecule has 1 aliphatic heterocycles. The number of hydrogen-bond donors (Lipinski definition) is 1. The van der Waals surface area contributed by atoms with E-state index in [1.165, 1.54) is 0 Å². The van der Waals surface area contributed by atoms with Crippen LogP contribution in [0.2, 0.25) is 0 Å². The van der Waals surface area contributed by atoms with Gasteiger partial charge in [0.1, 0.15) is 0 Å². The quantitative estimate of drug-likeness (QED) is 0.818. The molecule has 0 aliphatic carbocycles. The van der Waals surface area contributed by atoms with Gasteiger partial charge in [0, 0.05) is 26.2 Å². The van der Waals surface area contributed by atoms with Crippen molar-refractivity contribution in [2.75, 3.05) is 19.6 Å². The highest BCUT2D eigenvalue weighted by molar-refractivity contribution is 5.79. The van der Waals surface area contributed by atoms with E-state index in [1.54, 1.807) is 4.90 Å². The van der Waals surface area contributed by atoms with Crippen molar-refractivity contribution >= 4 is 11.9 Å². The molecule has 1 atom stereocenters. The molecule has 5 heteroatoms. The maximum atomic E-state index is 12.8. The average molecular weight is 366 g/mol. The van der Waals surface area contributed by atoms with E-state index < -0.39 is 11.9 Å². The van der Waals surface area contributed by atoms with Crippen LogP contribution in [-0.2, 0) is 22.7 Å². The van der Waals surface area contributed by atoms with Gasteiger partial charge in [-0.2, -0.15) is 0 Å². The lowest BCUT2D eigenvalue weighted by atomic mass is 9.98. The largest absolute Gasteiger partial charge is 0.481 e. The molecule has 1 unspecified atom stereocenters. The molecular formula is C22H26N2O3. The Bertz CT molecular complexity index is 707. The Morgan fingerprint density at radius 3 is 2.04 bits per heavy atom. The van der Waals surface area contributed by atoms with Crippen LogP contribution in [0.5, 0.6) is 0 Å². The fourth-order valence-electron chi connectivity index (χ4n) is 3.55. The van der Waals surface area contributed by atoms with E-state index in [-0.39, 0.29) is 12.5 Å². The number of carbonyl (C=O) groups is 2. The van der Waals surface area contributed by atoms with Crippen molar-refractivity contribution in [3.8, 4) is 0 Å². The second-order valence-electron chi connectivity index (χ2n) is 7.13. The highest BCUT2D eigenvalue weighted by atomic mass is 16.4. The van der Waals surface area contributed by atoms with E-state index in [0.717, 1.165) is 17.5 Å². The van der Waals surface area contributed by atoms with Gasteiger partial charge in [-0.25, -0.2) is 0 Å². The van der Waals surface area contributed by atoms with Gasteiger partial charge in [0.05, 0.1) is 12.5 Å². The normalized spacial score (nSPS) is 17.1. The Morgan fingerprint density at radius 2 is 1.52 bits per heavy atom. The summed E-state index contributed by atoms with van der Waals surface area (Å²) in [6, 6.07) is 20.2. The van der Waals surface area contributed by atoms with Gasteiger partial charge in [-0.3, -0.25) is 14.5 Å². The van der Waals surface area contributed by atoms with Crippen molar-refractivity contribution in [2.45, 2.75) is 25.9 Å². The fourth-order valence-corrected chi connectivity index (χ4v) is 3.55. The molecule has 3 rings (SSSR count). The zero-order valence-corrected chi connectivity index (χ0v) is 15.5. The van der Waals surface area contributed by atoms with Gasteiger partial charge in [-0.15, -0.1) is 0 Å². The summed E-state index contributed by atoms with van der Waals surface area (Å²) in [6.45, 7) is 2.61. The van der Waals surface area contributed by atoms with Crippen LogP contribution in [0, 0.1) is 5.92 Å². The van der Waals surface area contributed by atoms with Gasteiger partial charge in [0.2, 0.25) is 5.91 Å². The van der Waals surface area contributed by atoms with Gasteiger partial charge in [-0.1, -0.05) is 60.7 Å². The predicted molar refractivity (Wildman–Crippen MR) is 104 cm³/mol. The van der Waals surface area contributed by atoms with Gasteiger partial charge in [-0.05, 0) is 24.0 Å². The Morgan fingerprint density at radius 1 is 0.963 bits per heavy atom. The topological polar surface area (TPSA) is 60.9 Å². The van der Waals surface area contributed by atoms with Crippen LogP contribution in [0.3, 0.4) is 0 Å². The number of carboxylic acids is 1. The highest BCUT2D eigenvalue weighted by Gasteiger charge is 2.28. The van der Waals surface area contributed by atoms with E-state index in [1.807, 2.05) is 36.4 Å². The number of piperidine rings is 1. The van der Waals surface area contributed by atoms with Crippen LogP contribution in [0.4, 0.5) is 0 Å². The van der Waals surface area contributed by atoms with Crippen molar-refractivity contribution < 1.29 is 14.7 Å². The molecule has 1 saturated heterocycles. The highest BCUT2D eigenvalue weighted by Crippen LogP contribution is 2.18. The zero-order valence-electron chi connectivity index (χ0n) is 15.5.